The first-order chi connectivity index (χ1) is 10.4. The summed E-state index contributed by atoms with van der Waals surface area (Å²) in [5.41, 5.74) is 9.46. The lowest BCUT2D eigenvalue weighted by Crippen LogP contribution is -2.08. The zero-order chi connectivity index (χ0) is 14.5. The van der Waals surface area contributed by atoms with Crippen LogP contribution in [0.4, 0.5) is 5.69 Å². The normalized spacial score (nSPS) is 10.9. The Balaban J connectivity index is 1.76. The zero-order valence-electron chi connectivity index (χ0n) is 12.0. The molecule has 0 radical (unpaired) electrons. The largest absolute Gasteiger partial charge is 0.385 e. The van der Waals surface area contributed by atoms with Crippen molar-refractivity contribution < 1.29 is 0 Å². The quantitative estimate of drug-likeness (QED) is 0.667. The van der Waals surface area contributed by atoms with Gasteiger partial charge >= 0.3 is 0 Å². The van der Waals surface area contributed by atoms with Crippen molar-refractivity contribution in [2.75, 3.05) is 18.4 Å². The summed E-state index contributed by atoms with van der Waals surface area (Å²) in [6.45, 7) is 1.66. The van der Waals surface area contributed by atoms with Crippen LogP contribution in [0.25, 0.3) is 10.1 Å². The number of hydrogen-bond acceptors (Lipinski definition) is 3. The molecule has 3 N–H and O–H groups in total. The summed E-state index contributed by atoms with van der Waals surface area (Å²) in [5, 5.41) is 7.08. The van der Waals surface area contributed by atoms with Gasteiger partial charge in [-0.05, 0) is 59.5 Å². The van der Waals surface area contributed by atoms with Gasteiger partial charge in [-0.3, -0.25) is 0 Å². The van der Waals surface area contributed by atoms with Gasteiger partial charge in [-0.2, -0.15) is 0 Å². The van der Waals surface area contributed by atoms with E-state index >= 15 is 0 Å². The van der Waals surface area contributed by atoms with Gasteiger partial charge in [0, 0.05) is 16.9 Å². The Morgan fingerprint density at radius 3 is 2.86 bits per heavy atom. The van der Waals surface area contributed by atoms with Crippen LogP contribution >= 0.6 is 11.3 Å². The lowest BCUT2D eigenvalue weighted by atomic mass is 10.0. The smallest absolute Gasteiger partial charge is 0.0345 e. The number of benzene rings is 2. The Hall–Kier alpha value is -1.84. The minimum atomic E-state index is 0.730. The van der Waals surface area contributed by atoms with Gasteiger partial charge in [0.05, 0.1) is 0 Å². The van der Waals surface area contributed by atoms with E-state index in [1.807, 2.05) is 11.3 Å². The maximum Gasteiger partial charge on any atom is 0.0345 e. The second kappa shape index (κ2) is 6.74. The molecule has 0 atom stereocenters. The molecule has 3 heteroatoms. The van der Waals surface area contributed by atoms with E-state index in [0.717, 1.165) is 25.9 Å². The van der Waals surface area contributed by atoms with E-state index in [4.69, 9.17) is 5.73 Å². The molecule has 1 heterocycles. The fourth-order valence-corrected chi connectivity index (χ4v) is 3.48. The number of anilines is 1. The molecule has 0 bridgehead atoms. The molecule has 3 aromatic rings. The van der Waals surface area contributed by atoms with Crippen LogP contribution in [0.2, 0.25) is 0 Å². The van der Waals surface area contributed by atoms with Crippen molar-refractivity contribution in [3.63, 3.8) is 0 Å². The predicted molar refractivity (Wildman–Crippen MR) is 93.2 cm³/mol. The highest BCUT2D eigenvalue weighted by atomic mass is 32.1. The molecule has 0 amide bonds. The fraction of sp³-hybridized carbons (Fsp3) is 0.222. The Morgan fingerprint density at radius 1 is 1.05 bits per heavy atom. The second-order valence-electron chi connectivity index (χ2n) is 5.20. The first kappa shape index (κ1) is 14.1. The first-order valence-electron chi connectivity index (χ1n) is 7.35. The Bertz CT molecular complexity index is 718. The number of nitrogens with one attached hydrogen (secondary N) is 1. The van der Waals surface area contributed by atoms with Crippen LogP contribution in [0.15, 0.2) is 53.9 Å². The van der Waals surface area contributed by atoms with Crippen LogP contribution < -0.4 is 11.1 Å². The Morgan fingerprint density at radius 2 is 1.95 bits per heavy atom. The second-order valence-corrected chi connectivity index (χ2v) is 6.11. The van der Waals surface area contributed by atoms with Gasteiger partial charge in [0.1, 0.15) is 0 Å². The zero-order valence-corrected chi connectivity index (χ0v) is 12.8. The van der Waals surface area contributed by atoms with E-state index in [-0.39, 0.29) is 0 Å². The van der Waals surface area contributed by atoms with E-state index in [0.29, 0.717) is 0 Å². The SMILES string of the molecule is NCCCNc1cccc(Cc2csc3ccccc23)c1. The van der Waals surface area contributed by atoms with E-state index in [1.54, 1.807) is 0 Å². The number of fused-ring (bicyclic) bond motifs is 1. The molecule has 108 valence electrons. The van der Waals surface area contributed by atoms with Gasteiger partial charge < -0.3 is 11.1 Å². The summed E-state index contributed by atoms with van der Waals surface area (Å²) in [5.74, 6) is 0. The number of nitrogens with two attached hydrogens (primary N) is 1. The highest BCUT2D eigenvalue weighted by Gasteiger charge is 2.04. The number of hydrogen-bond donors (Lipinski definition) is 2. The summed E-state index contributed by atoms with van der Waals surface area (Å²) in [6.07, 6.45) is 1.98. The summed E-state index contributed by atoms with van der Waals surface area (Å²) in [6, 6.07) is 17.3. The standard InChI is InChI=1S/C18H20N2S/c19-9-4-10-20-16-6-3-5-14(12-16)11-15-13-21-18-8-2-1-7-17(15)18/h1-3,5-8,12-13,20H,4,9-11,19H2. The molecule has 0 aliphatic rings. The number of rotatable bonds is 6. The third-order valence-electron chi connectivity index (χ3n) is 3.59. The predicted octanol–water partition coefficient (Wildman–Crippen LogP) is 4.25. The topological polar surface area (TPSA) is 38.0 Å². The van der Waals surface area contributed by atoms with Crippen molar-refractivity contribution in [2.45, 2.75) is 12.8 Å². The molecule has 3 rings (SSSR count). The van der Waals surface area contributed by atoms with Crippen molar-refractivity contribution in [1.29, 1.82) is 0 Å². The fourth-order valence-electron chi connectivity index (χ4n) is 2.52. The maximum absolute atomic E-state index is 5.53. The van der Waals surface area contributed by atoms with E-state index in [2.05, 4.69) is 59.2 Å². The first-order valence-corrected chi connectivity index (χ1v) is 8.23. The van der Waals surface area contributed by atoms with Crippen molar-refractivity contribution in [3.05, 3.63) is 65.0 Å². The summed E-state index contributed by atoms with van der Waals surface area (Å²) in [7, 11) is 0. The number of thiophene rings is 1. The van der Waals surface area contributed by atoms with Crippen LogP contribution in [-0.2, 0) is 6.42 Å². The molecule has 21 heavy (non-hydrogen) atoms. The molecule has 2 nitrogen and oxygen atoms in total. The van der Waals surface area contributed by atoms with Gasteiger partial charge in [0.25, 0.3) is 0 Å². The van der Waals surface area contributed by atoms with E-state index < -0.39 is 0 Å². The molecule has 2 aromatic carbocycles. The molecule has 0 aliphatic heterocycles. The molecule has 1 aromatic heterocycles. The van der Waals surface area contributed by atoms with Crippen LogP contribution in [0.5, 0.6) is 0 Å². The van der Waals surface area contributed by atoms with Crippen molar-refractivity contribution in [3.8, 4) is 0 Å². The van der Waals surface area contributed by atoms with Crippen molar-refractivity contribution in [1.82, 2.24) is 0 Å². The van der Waals surface area contributed by atoms with Crippen LogP contribution in [0, 0.1) is 0 Å². The highest BCUT2D eigenvalue weighted by Crippen LogP contribution is 2.28. The lowest BCUT2D eigenvalue weighted by Gasteiger charge is -2.08. The molecule has 0 spiro atoms. The maximum atomic E-state index is 5.53. The van der Waals surface area contributed by atoms with Crippen molar-refractivity contribution in [2.24, 2.45) is 5.73 Å². The van der Waals surface area contributed by atoms with Gasteiger partial charge in [0.15, 0.2) is 0 Å². The molecule has 0 unspecified atom stereocenters. The van der Waals surface area contributed by atoms with Gasteiger partial charge in [0.2, 0.25) is 0 Å². The summed E-state index contributed by atoms with van der Waals surface area (Å²) >= 11 is 1.82. The minimum absolute atomic E-state index is 0.730. The average Bonchev–Trinajstić information content (AvgIpc) is 2.91. The summed E-state index contributed by atoms with van der Waals surface area (Å²) < 4.78 is 1.37. The van der Waals surface area contributed by atoms with Gasteiger partial charge in [-0.1, -0.05) is 30.3 Å². The van der Waals surface area contributed by atoms with Gasteiger partial charge in [-0.25, -0.2) is 0 Å². The van der Waals surface area contributed by atoms with Gasteiger partial charge in [-0.15, -0.1) is 11.3 Å². The molecular weight excluding hydrogens is 276 g/mol. The average molecular weight is 296 g/mol. The minimum Gasteiger partial charge on any atom is -0.385 e. The van der Waals surface area contributed by atoms with E-state index in [1.165, 1.54) is 26.9 Å². The molecule has 0 saturated carbocycles. The monoisotopic (exact) mass is 296 g/mol. The third kappa shape index (κ3) is 3.43. The molecule has 0 aliphatic carbocycles. The Labute approximate surface area is 129 Å². The molecule has 0 fully saturated rings. The Kier molecular flexibility index (Phi) is 4.53. The lowest BCUT2D eigenvalue weighted by molar-refractivity contribution is 0.874. The van der Waals surface area contributed by atoms with Crippen LogP contribution in [0.1, 0.15) is 17.5 Å². The van der Waals surface area contributed by atoms with E-state index in [9.17, 15) is 0 Å². The van der Waals surface area contributed by atoms with Crippen LogP contribution in [-0.4, -0.2) is 13.1 Å². The highest BCUT2D eigenvalue weighted by molar-refractivity contribution is 7.17. The summed E-state index contributed by atoms with van der Waals surface area (Å²) in [4.78, 5) is 0. The molecule has 0 saturated heterocycles. The third-order valence-corrected chi connectivity index (χ3v) is 4.61. The van der Waals surface area contributed by atoms with Crippen molar-refractivity contribution >= 4 is 27.1 Å². The van der Waals surface area contributed by atoms with Crippen LogP contribution in [0.3, 0.4) is 0 Å². The molecular formula is C18H20N2S.